The lowest BCUT2D eigenvalue weighted by Crippen LogP contribution is -2.34. The van der Waals surface area contributed by atoms with Gasteiger partial charge in [0.05, 0.1) is 13.2 Å². The molecule has 1 atom stereocenters. The molecule has 0 spiro atoms. The van der Waals surface area contributed by atoms with Crippen molar-refractivity contribution < 1.29 is 4.74 Å². The van der Waals surface area contributed by atoms with Crippen LogP contribution >= 0.6 is 11.6 Å². The summed E-state index contributed by atoms with van der Waals surface area (Å²) in [7, 11) is 0. The molecular weight excluding hydrogens is 200 g/mol. The highest BCUT2D eigenvalue weighted by molar-refractivity contribution is 6.30. The molecule has 1 aromatic rings. The summed E-state index contributed by atoms with van der Waals surface area (Å²) in [5, 5.41) is 0.729. The van der Waals surface area contributed by atoms with Gasteiger partial charge in [-0.2, -0.15) is 0 Å². The molecule has 0 saturated carbocycles. The third-order valence-electron chi connectivity index (χ3n) is 1.82. The highest BCUT2D eigenvalue weighted by atomic mass is 35.5. The quantitative estimate of drug-likeness (QED) is 0.773. The predicted molar refractivity (Wildman–Crippen MR) is 58.1 cm³/mol. The molecule has 1 unspecified atom stereocenters. The van der Waals surface area contributed by atoms with Gasteiger partial charge in [0.15, 0.2) is 0 Å². The minimum absolute atomic E-state index is 0.0812. The van der Waals surface area contributed by atoms with E-state index in [-0.39, 0.29) is 6.04 Å². The normalized spacial score (nSPS) is 12.8. The minimum atomic E-state index is -0.0812. The molecule has 1 aromatic carbocycles. The summed E-state index contributed by atoms with van der Waals surface area (Å²) in [4.78, 5) is 0. The lowest BCUT2D eigenvalue weighted by atomic mass is 10.2. The topological polar surface area (TPSA) is 61.3 Å². The van der Waals surface area contributed by atoms with E-state index in [9.17, 15) is 0 Å². The van der Waals surface area contributed by atoms with Crippen molar-refractivity contribution in [1.82, 2.24) is 0 Å². The number of benzene rings is 1. The van der Waals surface area contributed by atoms with Crippen LogP contribution in [0.2, 0.25) is 5.02 Å². The second-order valence-electron chi connectivity index (χ2n) is 3.14. The van der Waals surface area contributed by atoms with Crippen LogP contribution in [0.25, 0.3) is 0 Å². The van der Waals surface area contributed by atoms with Crippen LogP contribution in [0.4, 0.5) is 0 Å². The number of rotatable bonds is 5. The fraction of sp³-hybridized carbons (Fsp3) is 0.400. The fourth-order valence-corrected chi connectivity index (χ4v) is 1.10. The van der Waals surface area contributed by atoms with Crippen LogP contribution < -0.4 is 11.5 Å². The molecule has 0 aliphatic rings. The largest absolute Gasteiger partial charge is 0.375 e. The molecule has 0 aliphatic carbocycles. The molecule has 78 valence electrons. The van der Waals surface area contributed by atoms with Crippen molar-refractivity contribution in [2.75, 3.05) is 13.2 Å². The second kappa shape index (κ2) is 5.98. The molecule has 1 rings (SSSR count). The zero-order chi connectivity index (χ0) is 10.4. The first-order valence-electron chi connectivity index (χ1n) is 4.50. The Morgan fingerprint density at radius 3 is 2.50 bits per heavy atom. The Morgan fingerprint density at radius 1 is 1.29 bits per heavy atom. The first-order chi connectivity index (χ1) is 6.72. The lowest BCUT2D eigenvalue weighted by Gasteiger charge is -2.09. The summed E-state index contributed by atoms with van der Waals surface area (Å²) in [6.07, 6.45) is 0. The van der Waals surface area contributed by atoms with Gasteiger partial charge in [0.25, 0.3) is 0 Å². The van der Waals surface area contributed by atoms with Crippen LogP contribution in [0, 0.1) is 0 Å². The molecule has 4 N–H and O–H groups in total. The fourth-order valence-electron chi connectivity index (χ4n) is 0.977. The maximum atomic E-state index is 5.74. The number of halogens is 1. The van der Waals surface area contributed by atoms with E-state index >= 15 is 0 Å². The molecule has 0 bridgehead atoms. The van der Waals surface area contributed by atoms with Crippen molar-refractivity contribution in [1.29, 1.82) is 0 Å². The lowest BCUT2D eigenvalue weighted by molar-refractivity contribution is 0.109. The van der Waals surface area contributed by atoms with Crippen molar-refractivity contribution in [2.45, 2.75) is 12.6 Å². The summed E-state index contributed by atoms with van der Waals surface area (Å²) in [6.45, 7) is 1.48. The Bertz CT molecular complexity index is 263. The van der Waals surface area contributed by atoms with Crippen molar-refractivity contribution in [3.8, 4) is 0 Å². The molecule has 0 aromatic heterocycles. The van der Waals surface area contributed by atoms with Gasteiger partial charge in [0.2, 0.25) is 0 Å². The highest BCUT2D eigenvalue weighted by Gasteiger charge is 1.99. The first-order valence-corrected chi connectivity index (χ1v) is 4.88. The van der Waals surface area contributed by atoms with Gasteiger partial charge in [-0.3, -0.25) is 0 Å². The van der Waals surface area contributed by atoms with Crippen LogP contribution in [0.5, 0.6) is 0 Å². The maximum absolute atomic E-state index is 5.74. The molecular formula is C10H15ClN2O. The van der Waals surface area contributed by atoms with Gasteiger partial charge in [-0.05, 0) is 17.7 Å². The zero-order valence-electron chi connectivity index (χ0n) is 7.95. The number of nitrogens with two attached hydrogens (primary N) is 2. The summed E-state index contributed by atoms with van der Waals surface area (Å²) < 4.78 is 5.36. The smallest absolute Gasteiger partial charge is 0.0717 e. The standard InChI is InChI=1S/C10H15ClN2O/c11-9-3-1-8(2-4-9)6-14-7-10(13)5-12/h1-4,10H,5-7,12-13H2. The molecule has 0 fully saturated rings. The first kappa shape index (κ1) is 11.5. The molecule has 14 heavy (non-hydrogen) atoms. The van der Waals surface area contributed by atoms with Gasteiger partial charge in [0, 0.05) is 17.6 Å². The van der Waals surface area contributed by atoms with Crippen molar-refractivity contribution >= 4 is 11.6 Å². The van der Waals surface area contributed by atoms with E-state index in [1.807, 2.05) is 24.3 Å². The van der Waals surface area contributed by atoms with Crippen LogP contribution in [-0.2, 0) is 11.3 Å². The molecule has 0 amide bonds. The third kappa shape index (κ3) is 4.07. The Balaban J connectivity index is 2.28. The van der Waals surface area contributed by atoms with E-state index in [1.54, 1.807) is 0 Å². The summed E-state index contributed by atoms with van der Waals surface area (Å²) in [6, 6.07) is 7.45. The van der Waals surface area contributed by atoms with E-state index < -0.39 is 0 Å². The number of hydrogen-bond donors (Lipinski definition) is 2. The number of hydrogen-bond acceptors (Lipinski definition) is 3. The van der Waals surface area contributed by atoms with Crippen LogP contribution in [-0.4, -0.2) is 19.2 Å². The van der Waals surface area contributed by atoms with Crippen molar-refractivity contribution in [2.24, 2.45) is 11.5 Å². The molecule has 0 aliphatic heterocycles. The van der Waals surface area contributed by atoms with Gasteiger partial charge in [-0.1, -0.05) is 23.7 Å². The van der Waals surface area contributed by atoms with E-state index in [4.69, 9.17) is 27.8 Å². The van der Waals surface area contributed by atoms with Crippen molar-refractivity contribution in [3.05, 3.63) is 34.9 Å². The van der Waals surface area contributed by atoms with Gasteiger partial charge in [-0.25, -0.2) is 0 Å². The molecule has 3 nitrogen and oxygen atoms in total. The Labute approximate surface area is 89.0 Å². The van der Waals surface area contributed by atoms with Crippen LogP contribution in [0.1, 0.15) is 5.56 Å². The minimum Gasteiger partial charge on any atom is -0.375 e. The van der Waals surface area contributed by atoms with Gasteiger partial charge < -0.3 is 16.2 Å². The van der Waals surface area contributed by atoms with Gasteiger partial charge in [-0.15, -0.1) is 0 Å². The summed E-state index contributed by atoms with van der Waals surface area (Å²) in [5.41, 5.74) is 12.0. The zero-order valence-corrected chi connectivity index (χ0v) is 8.70. The summed E-state index contributed by atoms with van der Waals surface area (Å²) >= 11 is 5.74. The number of ether oxygens (including phenoxy) is 1. The monoisotopic (exact) mass is 214 g/mol. The van der Waals surface area contributed by atoms with E-state index in [0.717, 1.165) is 10.6 Å². The molecule has 0 saturated heterocycles. The Hall–Kier alpha value is -0.610. The highest BCUT2D eigenvalue weighted by Crippen LogP contribution is 2.10. The molecule has 0 heterocycles. The second-order valence-corrected chi connectivity index (χ2v) is 3.57. The van der Waals surface area contributed by atoms with Crippen LogP contribution in [0.15, 0.2) is 24.3 Å². The third-order valence-corrected chi connectivity index (χ3v) is 2.07. The van der Waals surface area contributed by atoms with Crippen LogP contribution in [0.3, 0.4) is 0 Å². The van der Waals surface area contributed by atoms with Gasteiger partial charge in [0.1, 0.15) is 0 Å². The SMILES string of the molecule is NCC(N)COCc1ccc(Cl)cc1. The average molecular weight is 215 g/mol. The maximum Gasteiger partial charge on any atom is 0.0717 e. The Morgan fingerprint density at radius 2 is 1.93 bits per heavy atom. The van der Waals surface area contributed by atoms with Gasteiger partial charge >= 0.3 is 0 Å². The van der Waals surface area contributed by atoms with E-state index in [0.29, 0.717) is 19.8 Å². The molecule has 4 heteroatoms. The summed E-state index contributed by atoms with van der Waals surface area (Å²) in [5.74, 6) is 0. The molecule has 0 radical (unpaired) electrons. The predicted octanol–water partition coefficient (Wildman–Crippen LogP) is 1.14. The van der Waals surface area contributed by atoms with E-state index in [1.165, 1.54) is 0 Å². The Kier molecular flexibility index (Phi) is 4.90. The van der Waals surface area contributed by atoms with E-state index in [2.05, 4.69) is 0 Å². The average Bonchev–Trinajstić information content (AvgIpc) is 2.21. The van der Waals surface area contributed by atoms with Crippen molar-refractivity contribution in [3.63, 3.8) is 0 Å².